The van der Waals surface area contributed by atoms with Crippen LogP contribution in [0.4, 0.5) is 10.1 Å². The fourth-order valence-electron chi connectivity index (χ4n) is 2.21. The van der Waals surface area contributed by atoms with Crippen LogP contribution >= 0.6 is 0 Å². The number of nitrogens with one attached hydrogen (secondary N) is 1. The predicted octanol–water partition coefficient (Wildman–Crippen LogP) is 2.55. The van der Waals surface area contributed by atoms with Crippen molar-refractivity contribution in [1.82, 2.24) is 4.90 Å². The molecule has 1 N–H and O–H groups in total. The van der Waals surface area contributed by atoms with Crippen molar-refractivity contribution in [2.24, 2.45) is 0 Å². The van der Waals surface area contributed by atoms with E-state index in [4.69, 9.17) is 9.47 Å². The quantitative estimate of drug-likeness (QED) is 0.873. The number of ether oxygens (including phenoxy) is 2. The average molecular weight is 346 g/mol. The highest BCUT2D eigenvalue weighted by Crippen LogP contribution is 2.27. The highest BCUT2D eigenvalue weighted by molar-refractivity contribution is 5.99. The second-order valence-corrected chi connectivity index (χ2v) is 5.29. The lowest BCUT2D eigenvalue weighted by molar-refractivity contribution is -0.116. The molecule has 7 heteroatoms. The molecule has 0 atom stereocenters. The van der Waals surface area contributed by atoms with Crippen molar-refractivity contribution in [3.63, 3.8) is 0 Å². The minimum absolute atomic E-state index is 0.148. The van der Waals surface area contributed by atoms with E-state index in [2.05, 4.69) is 5.32 Å². The third-order valence-electron chi connectivity index (χ3n) is 3.49. The van der Waals surface area contributed by atoms with Gasteiger partial charge in [0.25, 0.3) is 5.91 Å². The zero-order valence-corrected chi connectivity index (χ0v) is 14.2. The van der Waals surface area contributed by atoms with E-state index < -0.39 is 5.82 Å². The van der Waals surface area contributed by atoms with Crippen LogP contribution in [0.2, 0.25) is 0 Å². The van der Waals surface area contributed by atoms with Crippen LogP contribution < -0.4 is 14.8 Å². The fraction of sp³-hybridized carbons (Fsp3) is 0.222. The summed E-state index contributed by atoms with van der Waals surface area (Å²) in [5.74, 6) is -0.176. The summed E-state index contributed by atoms with van der Waals surface area (Å²) in [6.45, 7) is -0.148. The summed E-state index contributed by atoms with van der Waals surface area (Å²) in [6.07, 6.45) is 0. The number of hydrogen-bond donors (Lipinski definition) is 1. The van der Waals surface area contributed by atoms with Crippen LogP contribution in [0.3, 0.4) is 0 Å². The van der Waals surface area contributed by atoms with Crippen LogP contribution in [0.5, 0.6) is 11.5 Å². The van der Waals surface area contributed by atoms with E-state index in [0.717, 1.165) is 0 Å². The maximum Gasteiger partial charge on any atom is 0.254 e. The molecule has 0 unspecified atom stereocenters. The van der Waals surface area contributed by atoms with E-state index in [9.17, 15) is 14.0 Å². The van der Waals surface area contributed by atoms with Crippen molar-refractivity contribution in [1.29, 1.82) is 0 Å². The van der Waals surface area contributed by atoms with Gasteiger partial charge in [0.1, 0.15) is 5.82 Å². The van der Waals surface area contributed by atoms with Crippen molar-refractivity contribution >= 4 is 17.5 Å². The van der Waals surface area contributed by atoms with E-state index in [1.165, 1.54) is 50.4 Å². The van der Waals surface area contributed by atoms with Gasteiger partial charge in [-0.05, 0) is 42.5 Å². The Balaban J connectivity index is 2.02. The van der Waals surface area contributed by atoms with E-state index in [0.29, 0.717) is 22.7 Å². The molecular weight excluding hydrogens is 327 g/mol. The molecule has 0 saturated heterocycles. The van der Waals surface area contributed by atoms with Gasteiger partial charge in [-0.25, -0.2) is 4.39 Å². The number of likely N-dealkylation sites (N-methyl/N-ethyl adjacent to an activating group) is 1. The number of benzene rings is 2. The molecule has 0 spiro atoms. The van der Waals surface area contributed by atoms with Gasteiger partial charge >= 0.3 is 0 Å². The summed E-state index contributed by atoms with van der Waals surface area (Å²) in [4.78, 5) is 25.7. The number of anilines is 1. The first-order chi connectivity index (χ1) is 11.9. The Bertz CT molecular complexity index is 762. The number of hydrogen-bond acceptors (Lipinski definition) is 4. The third-order valence-corrected chi connectivity index (χ3v) is 3.49. The molecule has 0 aliphatic carbocycles. The van der Waals surface area contributed by atoms with Gasteiger partial charge in [-0.3, -0.25) is 9.59 Å². The molecular formula is C18H19FN2O4. The summed E-state index contributed by atoms with van der Waals surface area (Å²) in [5.41, 5.74) is 0.827. The lowest BCUT2D eigenvalue weighted by Gasteiger charge is -2.18. The van der Waals surface area contributed by atoms with Crippen molar-refractivity contribution in [2.75, 3.05) is 33.1 Å². The normalized spacial score (nSPS) is 10.1. The van der Waals surface area contributed by atoms with E-state index >= 15 is 0 Å². The molecule has 0 aromatic heterocycles. The summed E-state index contributed by atoms with van der Waals surface area (Å²) in [7, 11) is 4.50. The molecule has 0 fully saturated rings. The number of methoxy groups -OCH3 is 2. The molecule has 0 bridgehead atoms. The van der Waals surface area contributed by atoms with Crippen LogP contribution in [0.15, 0.2) is 42.5 Å². The first-order valence-corrected chi connectivity index (χ1v) is 7.47. The van der Waals surface area contributed by atoms with Gasteiger partial charge in [0, 0.05) is 18.3 Å². The number of halogens is 1. The molecule has 2 amide bonds. The molecule has 2 aromatic carbocycles. The van der Waals surface area contributed by atoms with Crippen LogP contribution in [0.1, 0.15) is 10.4 Å². The number of nitrogens with zero attached hydrogens (tertiary/aromatic N) is 1. The fourth-order valence-corrected chi connectivity index (χ4v) is 2.21. The number of carbonyl (C=O) groups excluding carboxylic acids is 2. The van der Waals surface area contributed by atoms with Crippen LogP contribution in [-0.2, 0) is 4.79 Å². The first kappa shape index (κ1) is 18.3. The van der Waals surface area contributed by atoms with E-state index in [1.807, 2.05) is 0 Å². The molecule has 0 radical (unpaired) electrons. The maximum atomic E-state index is 12.9. The minimum Gasteiger partial charge on any atom is -0.493 e. The zero-order valence-electron chi connectivity index (χ0n) is 14.2. The second kappa shape index (κ2) is 8.14. The van der Waals surface area contributed by atoms with Gasteiger partial charge < -0.3 is 19.7 Å². The zero-order chi connectivity index (χ0) is 18.4. The van der Waals surface area contributed by atoms with Gasteiger partial charge in [0.2, 0.25) is 5.91 Å². The van der Waals surface area contributed by atoms with Crippen LogP contribution in [-0.4, -0.2) is 44.5 Å². The molecule has 0 aliphatic heterocycles. The smallest absolute Gasteiger partial charge is 0.254 e. The van der Waals surface area contributed by atoms with Crippen molar-refractivity contribution < 1.29 is 23.5 Å². The van der Waals surface area contributed by atoms with E-state index in [-0.39, 0.29) is 18.4 Å². The first-order valence-electron chi connectivity index (χ1n) is 7.47. The average Bonchev–Trinajstić information content (AvgIpc) is 2.62. The topological polar surface area (TPSA) is 67.9 Å². The number of rotatable bonds is 6. The number of carbonyl (C=O) groups is 2. The maximum absolute atomic E-state index is 12.9. The molecule has 0 saturated carbocycles. The highest BCUT2D eigenvalue weighted by atomic mass is 19.1. The summed E-state index contributed by atoms with van der Waals surface area (Å²) in [5, 5.41) is 2.60. The Morgan fingerprint density at radius 2 is 1.68 bits per heavy atom. The van der Waals surface area contributed by atoms with Gasteiger partial charge in [-0.15, -0.1) is 0 Å². The Hall–Kier alpha value is -3.09. The summed E-state index contributed by atoms with van der Waals surface area (Å²) in [6, 6.07) is 10.2. The number of amides is 2. The molecule has 0 aliphatic rings. The Morgan fingerprint density at radius 1 is 1.04 bits per heavy atom. The molecule has 132 valence electrons. The molecule has 2 aromatic rings. The van der Waals surface area contributed by atoms with Crippen LogP contribution in [0.25, 0.3) is 0 Å². The summed E-state index contributed by atoms with van der Waals surface area (Å²) >= 11 is 0. The van der Waals surface area contributed by atoms with Crippen LogP contribution in [0, 0.1) is 5.82 Å². The largest absolute Gasteiger partial charge is 0.493 e. The molecule has 0 heterocycles. The summed E-state index contributed by atoms with van der Waals surface area (Å²) < 4.78 is 23.2. The molecule has 2 rings (SSSR count). The Kier molecular flexibility index (Phi) is 5.94. The van der Waals surface area contributed by atoms with Crippen molar-refractivity contribution in [3.8, 4) is 11.5 Å². The van der Waals surface area contributed by atoms with Gasteiger partial charge in [-0.2, -0.15) is 0 Å². The Labute approximate surface area is 145 Å². The molecule has 25 heavy (non-hydrogen) atoms. The second-order valence-electron chi connectivity index (χ2n) is 5.29. The van der Waals surface area contributed by atoms with Crippen molar-refractivity contribution in [3.05, 3.63) is 53.8 Å². The molecule has 6 nitrogen and oxygen atoms in total. The SMILES string of the molecule is COc1ccc(C(=O)N(C)CC(=O)Nc2ccc(F)cc2)cc1OC. The standard InChI is InChI=1S/C18H19FN2O4/c1-21(11-17(22)20-14-7-5-13(19)6-8-14)18(23)12-4-9-15(24-2)16(10-12)25-3/h4-10H,11H2,1-3H3,(H,20,22). The van der Waals surface area contributed by atoms with Gasteiger partial charge in [-0.1, -0.05) is 0 Å². The lowest BCUT2D eigenvalue weighted by atomic mass is 10.1. The monoisotopic (exact) mass is 346 g/mol. The Morgan fingerprint density at radius 3 is 2.28 bits per heavy atom. The van der Waals surface area contributed by atoms with E-state index in [1.54, 1.807) is 18.2 Å². The van der Waals surface area contributed by atoms with Gasteiger partial charge in [0.15, 0.2) is 11.5 Å². The minimum atomic E-state index is -0.390. The highest BCUT2D eigenvalue weighted by Gasteiger charge is 2.17. The predicted molar refractivity (Wildman–Crippen MR) is 91.5 cm³/mol. The van der Waals surface area contributed by atoms with Crippen molar-refractivity contribution in [2.45, 2.75) is 0 Å². The van der Waals surface area contributed by atoms with Gasteiger partial charge in [0.05, 0.1) is 20.8 Å². The third kappa shape index (κ3) is 4.69. The lowest BCUT2D eigenvalue weighted by Crippen LogP contribution is -2.34.